The third-order valence-corrected chi connectivity index (χ3v) is 3.93. The third-order valence-electron chi connectivity index (χ3n) is 3.93. The van der Waals surface area contributed by atoms with Gasteiger partial charge in [-0.05, 0) is 43.4 Å². The fraction of sp³-hybridized carbons (Fsp3) is 0.562. The van der Waals surface area contributed by atoms with Crippen molar-refractivity contribution >= 4 is 6.03 Å². The number of hydrogen-bond donors (Lipinski definition) is 2. The number of nitrogens with one attached hydrogen (secondary N) is 1. The molecular formula is C16H24N2O3. The van der Waals surface area contributed by atoms with E-state index in [-0.39, 0.29) is 18.7 Å². The van der Waals surface area contributed by atoms with E-state index in [4.69, 9.17) is 9.84 Å². The lowest BCUT2D eigenvalue weighted by Gasteiger charge is -2.35. The highest BCUT2D eigenvalue weighted by Gasteiger charge is 2.25. The summed E-state index contributed by atoms with van der Waals surface area (Å²) in [6.07, 6.45) is 3.80. The first kappa shape index (κ1) is 15.6. The number of urea groups is 1. The van der Waals surface area contributed by atoms with E-state index in [1.165, 1.54) is 0 Å². The number of benzene rings is 1. The van der Waals surface area contributed by atoms with E-state index in [1.807, 2.05) is 29.2 Å². The SMILES string of the molecule is COc1cccc(CNC(=O)N2CCCCC2CCO)c1. The summed E-state index contributed by atoms with van der Waals surface area (Å²) in [5.74, 6) is 0.790. The van der Waals surface area contributed by atoms with Gasteiger partial charge < -0.3 is 20.1 Å². The lowest BCUT2D eigenvalue weighted by molar-refractivity contribution is 0.131. The summed E-state index contributed by atoms with van der Waals surface area (Å²) in [5.41, 5.74) is 1.01. The summed E-state index contributed by atoms with van der Waals surface area (Å²) >= 11 is 0. The maximum Gasteiger partial charge on any atom is 0.317 e. The van der Waals surface area contributed by atoms with Crippen molar-refractivity contribution in [2.24, 2.45) is 0 Å². The molecule has 0 saturated carbocycles. The fourth-order valence-electron chi connectivity index (χ4n) is 2.78. The summed E-state index contributed by atoms with van der Waals surface area (Å²) in [7, 11) is 1.63. The Hall–Kier alpha value is -1.75. The van der Waals surface area contributed by atoms with E-state index in [9.17, 15) is 4.79 Å². The molecule has 0 radical (unpaired) electrons. The molecule has 1 aliphatic rings. The molecule has 0 spiro atoms. The average molecular weight is 292 g/mol. The van der Waals surface area contributed by atoms with Gasteiger partial charge in [-0.25, -0.2) is 4.79 Å². The average Bonchev–Trinajstić information content (AvgIpc) is 2.53. The maximum atomic E-state index is 12.3. The zero-order chi connectivity index (χ0) is 15.1. The first-order chi connectivity index (χ1) is 10.2. The Morgan fingerprint density at radius 2 is 2.33 bits per heavy atom. The zero-order valence-electron chi connectivity index (χ0n) is 12.5. The monoisotopic (exact) mass is 292 g/mol. The third kappa shape index (κ3) is 4.36. The molecule has 5 heteroatoms. The molecule has 1 aromatic carbocycles. The van der Waals surface area contributed by atoms with Crippen molar-refractivity contribution < 1.29 is 14.6 Å². The van der Waals surface area contributed by atoms with Gasteiger partial charge in [0.25, 0.3) is 0 Å². The predicted octanol–water partition coefficient (Wildman–Crippen LogP) is 2.14. The fourth-order valence-corrected chi connectivity index (χ4v) is 2.78. The Kier molecular flexibility index (Phi) is 5.87. The number of rotatable bonds is 5. The van der Waals surface area contributed by atoms with Gasteiger partial charge in [-0.2, -0.15) is 0 Å². The van der Waals surface area contributed by atoms with Crippen LogP contribution in [0.15, 0.2) is 24.3 Å². The standard InChI is InChI=1S/C16H24N2O3/c1-21-15-7-4-5-13(11-15)12-17-16(20)18-9-3-2-6-14(18)8-10-19/h4-5,7,11,14,19H,2-3,6,8-10,12H2,1H3,(H,17,20). The molecule has 1 fully saturated rings. The highest BCUT2D eigenvalue weighted by Crippen LogP contribution is 2.19. The van der Waals surface area contributed by atoms with Crippen LogP contribution in [0.1, 0.15) is 31.2 Å². The molecule has 0 bridgehead atoms. The first-order valence-corrected chi connectivity index (χ1v) is 7.53. The molecule has 0 aliphatic carbocycles. The molecule has 5 nitrogen and oxygen atoms in total. The Morgan fingerprint density at radius 3 is 3.10 bits per heavy atom. The molecule has 2 amide bonds. The largest absolute Gasteiger partial charge is 0.497 e. The summed E-state index contributed by atoms with van der Waals surface area (Å²) in [5, 5.41) is 12.1. The summed E-state index contributed by atoms with van der Waals surface area (Å²) < 4.78 is 5.18. The lowest BCUT2D eigenvalue weighted by atomic mass is 10.0. The molecule has 1 heterocycles. The number of amides is 2. The molecule has 1 atom stereocenters. The topological polar surface area (TPSA) is 61.8 Å². The summed E-state index contributed by atoms with van der Waals surface area (Å²) in [6, 6.07) is 7.79. The number of carbonyl (C=O) groups excluding carboxylic acids is 1. The van der Waals surface area contributed by atoms with Crippen LogP contribution in [0.4, 0.5) is 4.79 Å². The normalized spacial score (nSPS) is 18.4. The number of ether oxygens (including phenoxy) is 1. The quantitative estimate of drug-likeness (QED) is 0.874. The van der Waals surface area contributed by atoms with Gasteiger partial charge >= 0.3 is 6.03 Å². The number of hydrogen-bond acceptors (Lipinski definition) is 3. The van der Waals surface area contributed by atoms with Crippen LogP contribution in [0.5, 0.6) is 5.75 Å². The van der Waals surface area contributed by atoms with Crippen LogP contribution in [0.25, 0.3) is 0 Å². The van der Waals surface area contributed by atoms with Crippen molar-refractivity contribution in [2.75, 3.05) is 20.3 Å². The summed E-state index contributed by atoms with van der Waals surface area (Å²) in [6.45, 7) is 1.39. The van der Waals surface area contributed by atoms with Crippen LogP contribution in [0.2, 0.25) is 0 Å². The van der Waals surface area contributed by atoms with Gasteiger partial charge in [-0.15, -0.1) is 0 Å². The minimum Gasteiger partial charge on any atom is -0.497 e. The molecule has 2 N–H and O–H groups in total. The minimum atomic E-state index is -0.0454. The molecule has 116 valence electrons. The molecule has 21 heavy (non-hydrogen) atoms. The Bertz CT molecular complexity index is 463. The van der Waals surface area contributed by atoms with Gasteiger partial charge in [0.15, 0.2) is 0 Å². The number of nitrogens with zero attached hydrogens (tertiary/aromatic N) is 1. The Balaban J connectivity index is 1.90. The maximum absolute atomic E-state index is 12.3. The second kappa shape index (κ2) is 7.88. The minimum absolute atomic E-state index is 0.0454. The van der Waals surface area contributed by atoms with E-state index < -0.39 is 0 Å². The first-order valence-electron chi connectivity index (χ1n) is 7.53. The van der Waals surface area contributed by atoms with Gasteiger partial charge in [0, 0.05) is 25.7 Å². The van der Waals surface area contributed by atoms with Crippen molar-refractivity contribution in [3.63, 3.8) is 0 Å². The van der Waals surface area contributed by atoms with Crippen LogP contribution in [0.3, 0.4) is 0 Å². The molecular weight excluding hydrogens is 268 g/mol. The van der Waals surface area contributed by atoms with Crippen LogP contribution in [0, 0.1) is 0 Å². The zero-order valence-corrected chi connectivity index (χ0v) is 12.5. The highest BCUT2D eigenvalue weighted by atomic mass is 16.5. The number of aliphatic hydroxyl groups is 1. The van der Waals surface area contributed by atoms with Crippen molar-refractivity contribution in [1.29, 1.82) is 0 Å². The van der Waals surface area contributed by atoms with Crippen molar-refractivity contribution in [3.05, 3.63) is 29.8 Å². The number of piperidine rings is 1. The van der Waals surface area contributed by atoms with Gasteiger partial charge in [0.1, 0.15) is 5.75 Å². The molecule has 0 aromatic heterocycles. The highest BCUT2D eigenvalue weighted by molar-refractivity contribution is 5.74. The van der Waals surface area contributed by atoms with Crippen molar-refractivity contribution in [1.82, 2.24) is 10.2 Å². The molecule has 1 aliphatic heterocycles. The molecule has 2 rings (SSSR count). The van der Waals surface area contributed by atoms with Gasteiger partial charge in [0.05, 0.1) is 7.11 Å². The van der Waals surface area contributed by atoms with Gasteiger partial charge in [-0.3, -0.25) is 0 Å². The van der Waals surface area contributed by atoms with E-state index in [0.29, 0.717) is 13.0 Å². The van der Waals surface area contributed by atoms with Crippen LogP contribution < -0.4 is 10.1 Å². The number of carbonyl (C=O) groups is 1. The van der Waals surface area contributed by atoms with Crippen molar-refractivity contribution in [3.8, 4) is 5.75 Å². The second-order valence-corrected chi connectivity index (χ2v) is 5.37. The van der Waals surface area contributed by atoms with E-state index in [1.54, 1.807) is 7.11 Å². The Labute approximate surface area is 125 Å². The molecule has 1 saturated heterocycles. The van der Waals surface area contributed by atoms with Crippen LogP contribution >= 0.6 is 0 Å². The Morgan fingerprint density at radius 1 is 1.48 bits per heavy atom. The van der Waals surface area contributed by atoms with Crippen molar-refractivity contribution in [2.45, 2.75) is 38.3 Å². The molecule has 1 unspecified atom stereocenters. The number of likely N-dealkylation sites (tertiary alicyclic amines) is 1. The van der Waals surface area contributed by atoms with E-state index in [0.717, 1.165) is 37.1 Å². The second-order valence-electron chi connectivity index (χ2n) is 5.37. The number of aliphatic hydroxyl groups excluding tert-OH is 1. The lowest BCUT2D eigenvalue weighted by Crippen LogP contribution is -2.48. The molecule has 1 aromatic rings. The van der Waals surface area contributed by atoms with E-state index in [2.05, 4.69) is 5.32 Å². The van der Waals surface area contributed by atoms with Crippen LogP contribution in [-0.2, 0) is 6.54 Å². The smallest absolute Gasteiger partial charge is 0.317 e. The van der Waals surface area contributed by atoms with Gasteiger partial charge in [0.2, 0.25) is 0 Å². The number of methoxy groups -OCH3 is 1. The predicted molar refractivity (Wildman–Crippen MR) is 81.3 cm³/mol. The van der Waals surface area contributed by atoms with Crippen LogP contribution in [-0.4, -0.2) is 42.3 Å². The van der Waals surface area contributed by atoms with E-state index >= 15 is 0 Å². The summed E-state index contributed by atoms with van der Waals surface area (Å²) in [4.78, 5) is 14.2. The van der Waals surface area contributed by atoms with Gasteiger partial charge in [-0.1, -0.05) is 12.1 Å².